The van der Waals surface area contributed by atoms with E-state index in [0.29, 0.717) is 22.9 Å². The Kier molecular flexibility index (Phi) is 3.72. The standard InChI is InChI=1S/C16H16N2O/c1-11(2)13-4-6-14(7-5-13)19-16-8-3-12(10-17)9-15(16)18/h3-9,11H,18H2,1-2H3. The van der Waals surface area contributed by atoms with Gasteiger partial charge in [-0.15, -0.1) is 0 Å². The predicted octanol–water partition coefficient (Wildman–Crippen LogP) is 4.06. The summed E-state index contributed by atoms with van der Waals surface area (Å²) in [5.41, 5.74) is 8.10. The zero-order chi connectivity index (χ0) is 13.8. The van der Waals surface area contributed by atoms with Gasteiger partial charge in [-0.25, -0.2) is 0 Å². The maximum Gasteiger partial charge on any atom is 0.150 e. The van der Waals surface area contributed by atoms with Crippen LogP contribution in [0.3, 0.4) is 0 Å². The molecule has 0 unspecified atom stereocenters. The van der Waals surface area contributed by atoms with Crippen molar-refractivity contribution in [1.82, 2.24) is 0 Å². The molecule has 0 aliphatic carbocycles. The van der Waals surface area contributed by atoms with Gasteiger partial charge < -0.3 is 10.5 Å². The predicted molar refractivity (Wildman–Crippen MR) is 76.2 cm³/mol. The first-order valence-corrected chi connectivity index (χ1v) is 6.17. The Morgan fingerprint density at radius 2 is 1.79 bits per heavy atom. The maximum absolute atomic E-state index is 8.78. The molecule has 0 radical (unpaired) electrons. The Bertz CT molecular complexity index is 610. The van der Waals surface area contributed by atoms with Crippen LogP contribution < -0.4 is 10.5 Å². The molecule has 2 N–H and O–H groups in total. The molecule has 0 amide bonds. The molecule has 0 aliphatic rings. The Labute approximate surface area is 113 Å². The lowest BCUT2D eigenvalue weighted by Gasteiger charge is -2.10. The molecule has 0 spiro atoms. The van der Waals surface area contributed by atoms with Gasteiger partial charge >= 0.3 is 0 Å². The molecule has 0 heterocycles. The summed E-state index contributed by atoms with van der Waals surface area (Å²) in [6.45, 7) is 4.29. The van der Waals surface area contributed by atoms with E-state index in [9.17, 15) is 0 Å². The molecule has 0 bridgehead atoms. The van der Waals surface area contributed by atoms with Crippen molar-refractivity contribution in [2.75, 3.05) is 5.73 Å². The average Bonchev–Trinajstić information content (AvgIpc) is 2.41. The lowest BCUT2D eigenvalue weighted by atomic mass is 10.0. The summed E-state index contributed by atoms with van der Waals surface area (Å²) in [6, 6.07) is 15.0. The highest BCUT2D eigenvalue weighted by Crippen LogP contribution is 2.29. The van der Waals surface area contributed by atoms with Crippen LogP contribution in [-0.4, -0.2) is 0 Å². The van der Waals surface area contributed by atoms with Crippen LogP contribution in [0.5, 0.6) is 11.5 Å². The first-order chi connectivity index (χ1) is 9.10. The molecule has 0 aromatic heterocycles. The third-order valence-corrected chi connectivity index (χ3v) is 2.91. The fraction of sp³-hybridized carbons (Fsp3) is 0.188. The minimum absolute atomic E-state index is 0.465. The molecule has 0 atom stereocenters. The summed E-state index contributed by atoms with van der Waals surface area (Å²) >= 11 is 0. The minimum atomic E-state index is 0.465. The van der Waals surface area contributed by atoms with Gasteiger partial charge in [0.05, 0.1) is 17.3 Å². The number of nitriles is 1. The maximum atomic E-state index is 8.78. The van der Waals surface area contributed by atoms with Gasteiger partial charge in [0.15, 0.2) is 0 Å². The molecule has 3 nitrogen and oxygen atoms in total. The second-order valence-corrected chi connectivity index (χ2v) is 4.69. The van der Waals surface area contributed by atoms with Crippen LogP contribution in [0, 0.1) is 11.3 Å². The number of anilines is 1. The molecule has 19 heavy (non-hydrogen) atoms. The lowest BCUT2D eigenvalue weighted by Crippen LogP contribution is -1.93. The van der Waals surface area contributed by atoms with Crippen LogP contribution in [0.15, 0.2) is 42.5 Å². The highest BCUT2D eigenvalue weighted by Gasteiger charge is 2.04. The van der Waals surface area contributed by atoms with E-state index in [1.807, 2.05) is 30.3 Å². The molecule has 2 aromatic carbocycles. The van der Waals surface area contributed by atoms with E-state index in [-0.39, 0.29) is 0 Å². The summed E-state index contributed by atoms with van der Waals surface area (Å²) < 4.78 is 5.71. The first kappa shape index (κ1) is 13.0. The van der Waals surface area contributed by atoms with Crippen molar-refractivity contribution < 1.29 is 4.74 Å². The zero-order valence-corrected chi connectivity index (χ0v) is 11.1. The third kappa shape index (κ3) is 3.05. The van der Waals surface area contributed by atoms with Gasteiger partial charge in [0.25, 0.3) is 0 Å². The summed E-state index contributed by atoms with van der Waals surface area (Å²) in [5, 5.41) is 8.78. The Morgan fingerprint density at radius 1 is 1.11 bits per heavy atom. The number of ether oxygens (including phenoxy) is 1. The van der Waals surface area contributed by atoms with Gasteiger partial charge in [0.2, 0.25) is 0 Å². The van der Waals surface area contributed by atoms with Crippen LogP contribution in [0.1, 0.15) is 30.9 Å². The summed E-state index contributed by atoms with van der Waals surface area (Å²) in [4.78, 5) is 0. The number of nitrogen functional groups attached to an aromatic ring is 1. The quantitative estimate of drug-likeness (QED) is 0.838. The van der Waals surface area contributed by atoms with E-state index in [1.165, 1.54) is 5.56 Å². The third-order valence-electron chi connectivity index (χ3n) is 2.91. The van der Waals surface area contributed by atoms with E-state index in [0.717, 1.165) is 5.75 Å². The molecule has 96 valence electrons. The number of hydrogen-bond acceptors (Lipinski definition) is 3. The Balaban J connectivity index is 2.19. The highest BCUT2D eigenvalue weighted by atomic mass is 16.5. The fourth-order valence-corrected chi connectivity index (χ4v) is 1.76. The summed E-state index contributed by atoms with van der Waals surface area (Å²) in [5.74, 6) is 1.80. The van der Waals surface area contributed by atoms with Crippen molar-refractivity contribution in [2.24, 2.45) is 0 Å². The summed E-state index contributed by atoms with van der Waals surface area (Å²) in [7, 11) is 0. The molecule has 2 rings (SSSR count). The molecule has 0 saturated carbocycles. The lowest BCUT2D eigenvalue weighted by molar-refractivity contribution is 0.484. The van der Waals surface area contributed by atoms with Gasteiger partial charge in [-0.1, -0.05) is 26.0 Å². The minimum Gasteiger partial charge on any atom is -0.455 e. The van der Waals surface area contributed by atoms with Gasteiger partial charge in [-0.2, -0.15) is 5.26 Å². The molecule has 0 aliphatic heterocycles. The first-order valence-electron chi connectivity index (χ1n) is 6.17. The van der Waals surface area contributed by atoms with Crippen LogP contribution in [0.25, 0.3) is 0 Å². The topological polar surface area (TPSA) is 59.0 Å². The van der Waals surface area contributed by atoms with Gasteiger partial charge in [0.1, 0.15) is 11.5 Å². The largest absolute Gasteiger partial charge is 0.455 e. The number of benzene rings is 2. The van der Waals surface area contributed by atoms with Crippen molar-refractivity contribution in [3.05, 3.63) is 53.6 Å². The molecular formula is C16H16N2O. The van der Waals surface area contributed by atoms with Crippen molar-refractivity contribution >= 4 is 5.69 Å². The van der Waals surface area contributed by atoms with Crippen molar-refractivity contribution in [1.29, 1.82) is 5.26 Å². The van der Waals surface area contributed by atoms with E-state index in [4.69, 9.17) is 15.7 Å². The summed E-state index contributed by atoms with van der Waals surface area (Å²) in [6.07, 6.45) is 0. The van der Waals surface area contributed by atoms with Crippen LogP contribution >= 0.6 is 0 Å². The Hall–Kier alpha value is -2.47. The van der Waals surface area contributed by atoms with Crippen molar-refractivity contribution in [3.8, 4) is 17.6 Å². The monoisotopic (exact) mass is 252 g/mol. The van der Waals surface area contributed by atoms with Gasteiger partial charge in [-0.05, 0) is 41.8 Å². The Morgan fingerprint density at radius 3 is 2.32 bits per heavy atom. The molecule has 0 saturated heterocycles. The van der Waals surface area contributed by atoms with E-state index in [1.54, 1.807) is 18.2 Å². The van der Waals surface area contributed by atoms with Crippen molar-refractivity contribution in [2.45, 2.75) is 19.8 Å². The number of nitrogens with zero attached hydrogens (tertiary/aromatic N) is 1. The second kappa shape index (κ2) is 5.45. The highest BCUT2D eigenvalue weighted by molar-refractivity contribution is 5.57. The van der Waals surface area contributed by atoms with Gasteiger partial charge in [-0.3, -0.25) is 0 Å². The zero-order valence-electron chi connectivity index (χ0n) is 11.1. The van der Waals surface area contributed by atoms with E-state index >= 15 is 0 Å². The SMILES string of the molecule is CC(C)c1ccc(Oc2ccc(C#N)cc2N)cc1. The molecule has 3 heteroatoms. The molecular weight excluding hydrogens is 236 g/mol. The van der Waals surface area contributed by atoms with Gasteiger partial charge in [0, 0.05) is 0 Å². The van der Waals surface area contributed by atoms with Crippen LogP contribution in [0.2, 0.25) is 0 Å². The van der Waals surface area contributed by atoms with Crippen molar-refractivity contribution in [3.63, 3.8) is 0 Å². The van der Waals surface area contributed by atoms with E-state index < -0.39 is 0 Å². The normalized spacial score (nSPS) is 10.2. The van der Waals surface area contributed by atoms with E-state index in [2.05, 4.69) is 13.8 Å². The fourth-order valence-electron chi connectivity index (χ4n) is 1.76. The second-order valence-electron chi connectivity index (χ2n) is 4.69. The number of hydrogen-bond donors (Lipinski definition) is 1. The smallest absolute Gasteiger partial charge is 0.150 e. The molecule has 2 aromatic rings. The number of rotatable bonds is 3. The average molecular weight is 252 g/mol. The van der Waals surface area contributed by atoms with Crippen LogP contribution in [0.4, 0.5) is 5.69 Å². The number of nitrogens with two attached hydrogens (primary N) is 1. The molecule has 0 fully saturated rings. The van der Waals surface area contributed by atoms with Crippen LogP contribution in [-0.2, 0) is 0 Å².